The average molecular weight is 287 g/mol. The number of ether oxygens (including phenoxy) is 1. The third kappa shape index (κ3) is 2.81. The Bertz CT molecular complexity index is 499. The number of hydrogen-bond donors (Lipinski definition) is 1. The van der Waals surface area contributed by atoms with E-state index < -0.39 is 10.0 Å². The molecule has 6 heteroatoms. The maximum absolute atomic E-state index is 12.3. The summed E-state index contributed by atoms with van der Waals surface area (Å²) in [5.74, 6) is 0.685. The van der Waals surface area contributed by atoms with Gasteiger partial charge in [-0.15, -0.1) is 0 Å². The van der Waals surface area contributed by atoms with E-state index >= 15 is 0 Å². The zero-order valence-electron chi connectivity index (χ0n) is 10.2. The first-order valence-electron chi connectivity index (χ1n) is 5.95. The van der Waals surface area contributed by atoms with Gasteiger partial charge in [-0.25, -0.2) is 8.42 Å². The van der Waals surface area contributed by atoms with Gasteiger partial charge in [0.1, 0.15) is 5.75 Å². The zero-order valence-corrected chi connectivity index (χ0v) is 12.0. The Hall–Kier alpha value is -0.720. The number of rotatable bonds is 4. The molecule has 100 valence electrons. The summed E-state index contributed by atoms with van der Waals surface area (Å²) in [5, 5.41) is 0.141. The van der Waals surface area contributed by atoms with Gasteiger partial charge in [0, 0.05) is 18.3 Å². The minimum absolute atomic E-state index is 0.141. The van der Waals surface area contributed by atoms with E-state index in [9.17, 15) is 8.42 Å². The van der Waals surface area contributed by atoms with E-state index in [0.29, 0.717) is 30.3 Å². The van der Waals surface area contributed by atoms with Crippen molar-refractivity contribution in [2.45, 2.75) is 23.5 Å². The maximum atomic E-state index is 12.3. The molecule has 1 aliphatic rings. The van der Waals surface area contributed by atoms with Crippen LogP contribution >= 0.6 is 12.6 Å². The van der Waals surface area contributed by atoms with Gasteiger partial charge in [-0.05, 0) is 37.6 Å². The Kier molecular flexibility index (Phi) is 4.19. The van der Waals surface area contributed by atoms with Gasteiger partial charge in [0.05, 0.1) is 11.5 Å². The van der Waals surface area contributed by atoms with Crippen LogP contribution < -0.4 is 4.74 Å². The molecular formula is C12H17NO3S2. The van der Waals surface area contributed by atoms with Crippen molar-refractivity contribution in [1.29, 1.82) is 0 Å². The fraction of sp³-hybridized carbons (Fsp3) is 0.500. The molecule has 2 rings (SSSR count). The lowest BCUT2D eigenvalue weighted by Gasteiger charge is -2.16. The van der Waals surface area contributed by atoms with E-state index in [0.717, 1.165) is 6.42 Å². The van der Waals surface area contributed by atoms with Crippen molar-refractivity contribution in [2.24, 2.45) is 0 Å². The molecule has 1 fully saturated rings. The highest BCUT2D eigenvalue weighted by molar-refractivity contribution is 7.89. The van der Waals surface area contributed by atoms with Crippen LogP contribution in [0.2, 0.25) is 0 Å². The van der Waals surface area contributed by atoms with E-state index in [2.05, 4.69) is 12.6 Å². The molecule has 4 nitrogen and oxygen atoms in total. The summed E-state index contributed by atoms with van der Waals surface area (Å²) < 4.78 is 31.4. The van der Waals surface area contributed by atoms with Crippen LogP contribution in [0.1, 0.15) is 13.3 Å². The molecule has 0 amide bonds. The van der Waals surface area contributed by atoms with Crippen LogP contribution in [-0.2, 0) is 10.0 Å². The molecule has 1 aliphatic heterocycles. The van der Waals surface area contributed by atoms with E-state index in [4.69, 9.17) is 4.74 Å². The number of thiol groups is 1. The normalized spacial score (nSPS) is 21.1. The molecule has 0 aromatic heterocycles. The summed E-state index contributed by atoms with van der Waals surface area (Å²) in [4.78, 5) is 0.313. The maximum Gasteiger partial charge on any atom is 0.243 e. The van der Waals surface area contributed by atoms with Crippen molar-refractivity contribution in [3.8, 4) is 5.75 Å². The molecule has 0 aliphatic carbocycles. The Morgan fingerprint density at radius 3 is 2.56 bits per heavy atom. The van der Waals surface area contributed by atoms with Crippen LogP contribution in [0.4, 0.5) is 0 Å². The minimum Gasteiger partial charge on any atom is -0.494 e. The first-order valence-corrected chi connectivity index (χ1v) is 7.90. The summed E-state index contributed by atoms with van der Waals surface area (Å²) in [6.07, 6.45) is 0.805. The fourth-order valence-corrected chi connectivity index (χ4v) is 3.88. The molecule has 0 radical (unpaired) electrons. The first kappa shape index (κ1) is 13.7. The molecule has 1 heterocycles. The summed E-state index contributed by atoms with van der Waals surface area (Å²) in [5.41, 5.74) is 0. The Labute approximate surface area is 113 Å². The second-order valence-electron chi connectivity index (χ2n) is 4.21. The highest BCUT2D eigenvalue weighted by Crippen LogP contribution is 2.24. The Balaban J connectivity index is 2.19. The average Bonchev–Trinajstić information content (AvgIpc) is 2.78. The predicted molar refractivity (Wildman–Crippen MR) is 73.8 cm³/mol. The molecule has 1 saturated heterocycles. The number of nitrogens with zero attached hydrogens (tertiary/aromatic N) is 1. The lowest BCUT2D eigenvalue weighted by Crippen LogP contribution is -2.28. The molecular weight excluding hydrogens is 270 g/mol. The SMILES string of the molecule is CCOc1ccc(S(=O)(=O)N2CC[C@@H](S)C2)cc1. The molecule has 1 aromatic carbocycles. The van der Waals surface area contributed by atoms with Crippen molar-refractivity contribution < 1.29 is 13.2 Å². The van der Waals surface area contributed by atoms with E-state index in [1.54, 1.807) is 24.3 Å². The Morgan fingerprint density at radius 1 is 1.39 bits per heavy atom. The molecule has 18 heavy (non-hydrogen) atoms. The smallest absolute Gasteiger partial charge is 0.243 e. The predicted octanol–water partition coefficient (Wildman–Crippen LogP) is 1.78. The van der Waals surface area contributed by atoms with Gasteiger partial charge in [0.2, 0.25) is 10.0 Å². The standard InChI is InChI=1S/C12H17NO3S2/c1-2-16-10-3-5-12(6-4-10)18(14,15)13-8-7-11(17)9-13/h3-6,11,17H,2,7-9H2,1H3/t11-/m1/s1. The number of sulfonamides is 1. The van der Waals surface area contributed by atoms with Gasteiger partial charge >= 0.3 is 0 Å². The number of hydrogen-bond acceptors (Lipinski definition) is 4. The summed E-state index contributed by atoms with van der Waals surface area (Å²) in [6.45, 7) is 3.49. The van der Waals surface area contributed by atoms with E-state index in [-0.39, 0.29) is 5.25 Å². The van der Waals surface area contributed by atoms with Crippen molar-refractivity contribution in [3.05, 3.63) is 24.3 Å². The van der Waals surface area contributed by atoms with Gasteiger partial charge in [-0.3, -0.25) is 0 Å². The van der Waals surface area contributed by atoms with Gasteiger partial charge in [0.15, 0.2) is 0 Å². The topological polar surface area (TPSA) is 46.6 Å². The third-order valence-electron chi connectivity index (χ3n) is 2.90. The first-order chi connectivity index (χ1) is 8.54. The van der Waals surface area contributed by atoms with Crippen LogP contribution in [-0.4, -0.2) is 37.7 Å². The van der Waals surface area contributed by atoms with Crippen molar-refractivity contribution in [2.75, 3.05) is 19.7 Å². The van der Waals surface area contributed by atoms with Gasteiger partial charge in [0.25, 0.3) is 0 Å². The summed E-state index contributed by atoms with van der Waals surface area (Å²) in [6, 6.07) is 6.55. The van der Waals surface area contributed by atoms with Crippen molar-refractivity contribution >= 4 is 22.7 Å². The largest absolute Gasteiger partial charge is 0.494 e. The van der Waals surface area contributed by atoms with Crippen LogP contribution in [0, 0.1) is 0 Å². The van der Waals surface area contributed by atoms with Crippen molar-refractivity contribution in [3.63, 3.8) is 0 Å². The quantitative estimate of drug-likeness (QED) is 0.859. The molecule has 1 aromatic rings. The second-order valence-corrected chi connectivity index (χ2v) is 6.88. The third-order valence-corrected chi connectivity index (χ3v) is 5.20. The van der Waals surface area contributed by atoms with Gasteiger partial charge in [-0.1, -0.05) is 0 Å². The van der Waals surface area contributed by atoms with Gasteiger partial charge < -0.3 is 4.74 Å². The molecule has 0 spiro atoms. The monoisotopic (exact) mass is 287 g/mol. The lowest BCUT2D eigenvalue weighted by molar-refractivity contribution is 0.340. The molecule has 0 unspecified atom stereocenters. The molecule has 0 bridgehead atoms. The van der Waals surface area contributed by atoms with Crippen LogP contribution in [0.15, 0.2) is 29.2 Å². The Morgan fingerprint density at radius 2 is 2.06 bits per heavy atom. The molecule has 1 atom stereocenters. The zero-order chi connectivity index (χ0) is 13.2. The second kappa shape index (κ2) is 5.50. The van der Waals surface area contributed by atoms with E-state index in [1.165, 1.54) is 4.31 Å². The van der Waals surface area contributed by atoms with Crippen LogP contribution in [0.3, 0.4) is 0 Å². The van der Waals surface area contributed by atoms with Gasteiger partial charge in [-0.2, -0.15) is 16.9 Å². The summed E-state index contributed by atoms with van der Waals surface area (Å²) >= 11 is 4.31. The highest BCUT2D eigenvalue weighted by Gasteiger charge is 2.30. The fourth-order valence-electron chi connectivity index (χ4n) is 1.95. The molecule has 0 saturated carbocycles. The van der Waals surface area contributed by atoms with Crippen LogP contribution in [0.5, 0.6) is 5.75 Å². The summed E-state index contributed by atoms with van der Waals surface area (Å²) in [7, 11) is -3.37. The number of benzene rings is 1. The minimum atomic E-state index is -3.37. The van der Waals surface area contributed by atoms with E-state index in [1.807, 2.05) is 6.92 Å². The molecule has 0 N–H and O–H groups in total. The highest BCUT2D eigenvalue weighted by atomic mass is 32.2. The lowest BCUT2D eigenvalue weighted by atomic mass is 10.3. The van der Waals surface area contributed by atoms with Crippen LogP contribution in [0.25, 0.3) is 0 Å². The van der Waals surface area contributed by atoms with Crippen molar-refractivity contribution in [1.82, 2.24) is 4.31 Å².